The molecule has 1 unspecified atom stereocenters. The SMILES string of the molecule is CCNC(=O)C(C)N(Cc1cccc(OC)c1)C(=O)CSc1ccc(C)cc1. The number of methoxy groups -OCH3 is 1. The van der Waals surface area contributed by atoms with Crippen molar-refractivity contribution in [1.82, 2.24) is 10.2 Å². The molecule has 2 amide bonds. The van der Waals surface area contributed by atoms with Gasteiger partial charge in [-0.3, -0.25) is 9.59 Å². The van der Waals surface area contributed by atoms with Gasteiger partial charge in [-0.1, -0.05) is 29.8 Å². The molecule has 0 aromatic heterocycles. The number of likely N-dealkylation sites (N-methyl/N-ethyl adjacent to an activating group) is 1. The fraction of sp³-hybridized carbons (Fsp3) is 0.364. The molecule has 0 saturated carbocycles. The summed E-state index contributed by atoms with van der Waals surface area (Å²) in [5.74, 6) is 0.771. The Morgan fingerprint density at radius 2 is 1.89 bits per heavy atom. The summed E-state index contributed by atoms with van der Waals surface area (Å²) in [4.78, 5) is 28.0. The third-order valence-corrected chi connectivity index (χ3v) is 5.39. The van der Waals surface area contributed by atoms with Crippen LogP contribution in [0.4, 0.5) is 0 Å². The molecule has 1 N–H and O–H groups in total. The summed E-state index contributed by atoms with van der Waals surface area (Å²) in [5.41, 5.74) is 2.10. The van der Waals surface area contributed by atoms with Crippen molar-refractivity contribution in [3.63, 3.8) is 0 Å². The summed E-state index contributed by atoms with van der Waals surface area (Å²) in [5, 5.41) is 2.80. The number of rotatable bonds is 9. The number of carbonyl (C=O) groups is 2. The standard InChI is InChI=1S/C22H28N2O3S/c1-5-23-22(26)17(3)24(14-18-7-6-8-19(13-18)27-4)21(25)15-28-20-11-9-16(2)10-12-20/h6-13,17H,5,14-15H2,1-4H3,(H,23,26). The van der Waals surface area contributed by atoms with E-state index < -0.39 is 6.04 Å². The zero-order chi connectivity index (χ0) is 20.5. The molecule has 6 heteroatoms. The van der Waals surface area contributed by atoms with Crippen LogP contribution in [0.5, 0.6) is 5.75 Å². The summed E-state index contributed by atoms with van der Waals surface area (Å²) in [6, 6.07) is 15.1. The third-order valence-electron chi connectivity index (χ3n) is 4.39. The van der Waals surface area contributed by atoms with Gasteiger partial charge < -0.3 is 15.0 Å². The number of nitrogens with one attached hydrogen (secondary N) is 1. The molecule has 5 nitrogen and oxygen atoms in total. The Morgan fingerprint density at radius 3 is 2.54 bits per heavy atom. The normalized spacial score (nSPS) is 11.6. The molecule has 0 radical (unpaired) electrons. The lowest BCUT2D eigenvalue weighted by atomic mass is 10.1. The molecule has 0 aliphatic carbocycles. The Labute approximate surface area is 171 Å². The van der Waals surface area contributed by atoms with Crippen molar-refractivity contribution in [2.45, 2.75) is 38.3 Å². The molecule has 0 heterocycles. The van der Waals surface area contributed by atoms with Crippen LogP contribution in [0.1, 0.15) is 25.0 Å². The number of aryl methyl sites for hydroxylation is 1. The van der Waals surface area contributed by atoms with E-state index in [0.717, 1.165) is 16.2 Å². The van der Waals surface area contributed by atoms with E-state index in [4.69, 9.17) is 4.74 Å². The van der Waals surface area contributed by atoms with Gasteiger partial charge in [0.05, 0.1) is 12.9 Å². The van der Waals surface area contributed by atoms with Crippen LogP contribution in [-0.4, -0.2) is 42.2 Å². The van der Waals surface area contributed by atoms with Crippen molar-refractivity contribution < 1.29 is 14.3 Å². The fourth-order valence-electron chi connectivity index (χ4n) is 2.73. The van der Waals surface area contributed by atoms with E-state index in [2.05, 4.69) is 5.32 Å². The zero-order valence-electron chi connectivity index (χ0n) is 16.9. The summed E-state index contributed by atoms with van der Waals surface area (Å²) in [6.07, 6.45) is 0. The second-order valence-corrected chi connectivity index (χ2v) is 7.59. The molecule has 0 aliphatic heterocycles. The maximum absolute atomic E-state index is 13.0. The first-order chi connectivity index (χ1) is 13.4. The molecule has 2 aromatic rings. The van der Waals surface area contributed by atoms with E-state index in [9.17, 15) is 9.59 Å². The monoisotopic (exact) mass is 400 g/mol. The van der Waals surface area contributed by atoms with Crippen LogP contribution < -0.4 is 10.1 Å². The number of ether oxygens (including phenoxy) is 1. The molecule has 2 rings (SSSR count). The van der Waals surface area contributed by atoms with E-state index >= 15 is 0 Å². The molecule has 0 aliphatic rings. The van der Waals surface area contributed by atoms with Gasteiger partial charge in [-0.2, -0.15) is 0 Å². The highest BCUT2D eigenvalue weighted by Gasteiger charge is 2.25. The van der Waals surface area contributed by atoms with Gasteiger partial charge in [0.25, 0.3) is 0 Å². The van der Waals surface area contributed by atoms with Crippen LogP contribution >= 0.6 is 11.8 Å². The molecule has 0 spiro atoms. The Morgan fingerprint density at radius 1 is 1.18 bits per heavy atom. The van der Waals surface area contributed by atoms with E-state index in [1.807, 2.05) is 62.4 Å². The average molecular weight is 401 g/mol. The molecule has 150 valence electrons. The lowest BCUT2D eigenvalue weighted by Gasteiger charge is -2.28. The van der Waals surface area contributed by atoms with E-state index in [1.54, 1.807) is 18.9 Å². The molecule has 0 bridgehead atoms. The molecular formula is C22H28N2O3S. The van der Waals surface area contributed by atoms with Crippen LogP contribution in [0.25, 0.3) is 0 Å². The van der Waals surface area contributed by atoms with Gasteiger partial charge in [-0.25, -0.2) is 0 Å². The van der Waals surface area contributed by atoms with Crippen molar-refractivity contribution in [1.29, 1.82) is 0 Å². The Kier molecular flexibility index (Phi) is 8.39. The van der Waals surface area contributed by atoms with Gasteiger partial charge in [-0.05, 0) is 50.6 Å². The topological polar surface area (TPSA) is 58.6 Å². The molecule has 1 atom stereocenters. The van der Waals surface area contributed by atoms with Crippen LogP contribution in [0.15, 0.2) is 53.4 Å². The first kappa shape index (κ1) is 21.8. The lowest BCUT2D eigenvalue weighted by molar-refractivity contribution is -0.138. The first-order valence-electron chi connectivity index (χ1n) is 9.34. The van der Waals surface area contributed by atoms with Crippen LogP contribution in [0.3, 0.4) is 0 Å². The number of nitrogens with zero attached hydrogens (tertiary/aromatic N) is 1. The van der Waals surface area contributed by atoms with Crippen LogP contribution in [-0.2, 0) is 16.1 Å². The highest BCUT2D eigenvalue weighted by atomic mass is 32.2. The third kappa shape index (κ3) is 6.30. The molecule has 0 saturated heterocycles. The Balaban J connectivity index is 2.14. The van der Waals surface area contributed by atoms with Crippen molar-refractivity contribution in [2.24, 2.45) is 0 Å². The van der Waals surface area contributed by atoms with Gasteiger partial charge in [-0.15, -0.1) is 11.8 Å². The summed E-state index contributed by atoms with van der Waals surface area (Å²) in [7, 11) is 1.61. The Bertz CT molecular complexity index is 793. The number of hydrogen-bond donors (Lipinski definition) is 1. The maximum Gasteiger partial charge on any atom is 0.242 e. The second kappa shape index (κ2) is 10.8. The van der Waals surface area contributed by atoms with Gasteiger partial charge in [0.2, 0.25) is 11.8 Å². The minimum absolute atomic E-state index is 0.0767. The summed E-state index contributed by atoms with van der Waals surface area (Å²) >= 11 is 1.48. The minimum atomic E-state index is -0.558. The maximum atomic E-state index is 13.0. The summed E-state index contributed by atoms with van der Waals surface area (Å²) in [6.45, 7) is 6.54. The summed E-state index contributed by atoms with van der Waals surface area (Å²) < 4.78 is 5.27. The van der Waals surface area contributed by atoms with Crippen LogP contribution in [0, 0.1) is 6.92 Å². The van der Waals surface area contributed by atoms with Crippen molar-refractivity contribution in [3.8, 4) is 5.75 Å². The van der Waals surface area contributed by atoms with Crippen molar-refractivity contribution in [3.05, 3.63) is 59.7 Å². The second-order valence-electron chi connectivity index (χ2n) is 6.55. The van der Waals surface area contributed by atoms with Gasteiger partial charge in [0.15, 0.2) is 0 Å². The first-order valence-corrected chi connectivity index (χ1v) is 10.3. The molecular weight excluding hydrogens is 372 g/mol. The zero-order valence-corrected chi connectivity index (χ0v) is 17.7. The lowest BCUT2D eigenvalue weighted by Crippen LogP contribution is -2.48. The molecule has 28 heavy (non-hydrogen) atoms. The van der Waals surface area contributed by atoms with E-state index in [-0.39, 0.29) is 17.6 Å². The predicted molar refractivity (Wildman–Crippen MR) is 114 cm³/mol. The highest BCUT2D eigenvalue weighted by Crippen LogP contribution is 2.21. The number of hydrogen-bond acceptors (Lipinski definition) is 4. The highest BCUT2D eigenvalue weighted by molar-refractivity contribution is 8.00. The predicted octanol–water partition coefficient (Wildman–Crippen LogP) is 3.65. The van der Waals surface area contributed by atoms with Gasteiger partial charge in [0.1, 0.15) is 11.8 Å². The quantitative estimate of drug-likeness (QED) is 0.653. The van der Waals surface area contributed by atoms with E-state index in [0.29, 0.717) is 13.1 Å². The number of carbonyl (C=O) groups excluding carboxylic acids is 2. The van der Waals surface area contributed by atoms with Crippen molar-refractivity contribution >= 4 is 23.6 Å². The van der Waals surface area contributed by atoms with E-state index in [1.165, 1.54) is 17.3 Å². The smallest absolute Gasteiger partial charge is 0.242 e. The Hall–Kier alpha value is -2.47. The minimum Gasteiger partial charge on any atom is -0.497 e. The number of benzene rings is 2. The molecule has 0 fully saturated rings. The average Bonchev–Trinajstić information content (AvgIpc) is 2.71. The number of thioether (sulfide) groups is 1. The fourth-order valence-corrected chi connectivity index (χ4v) is 3.52. The van der Waals surface area contributed by atoms with Crippen molar-refractivity contribution in [2.75, 3.05) is 19.4 Å². The van der Waals surface area contributed by atoms with Gasteiger partial charge >= 0.3 is 0 Å². The number of amides is 2. The van der Waals surface area contributed by atoms with Crippen LogP contribution in [0.2, 0.25) is 0 Å². The largest absolute Gasteiger partial charge is 0.497 e. The van der Waals surface area contributed by atoms with Gasteiger partial charge in [0, 0.05) is 18.0 Å². The molecule has 2 aromatic carbocycles.